The second kappa shape index (κ2) is 3.57. The highest BCUT2D eigenvalue weighted by Gasteiger charge is 2.70. The molecule has 0 spiro atoms. The Balaban J connectivity index is 2.01. The number of ether oxygens (including phenoxy) is 2. The lowest BCUT2D eigenvalue weighted by Gasteiger charge is -2.64. The lowest BCUT2D eigenvalue weighted by Crippen LogP contribution is -2.67. The number of carbonyl (C=O) groups excluding carboxylic acids is 2. The smallest absolute Gasteiger partial charge is 0.333 e. The summed E-state index contributed by atoms with van der Waals surface area (Å²) in [6, 6.07) is 0. The van der Waals surface area contributed by atoms with Crippen molar-refractivity contribution in [3.63, 3.8) is 0 Å². The molecule has 0 amide bonds. The molecule has 5 atom stereocenters. The van der Waals surface area contributed by atoms with Crippen LogP contribution in [0, 0.1) is 23.2 Å². The van der Waals surface area contributed by atoms with Gasteiger partial charge in [0.15, 0.2) is 0 Å². The first-order chi connectivity index (χ1) is 8.55. The van der Waals surface area contributed by atoms with E-state index in [1.165, 1.54) is 14.2 Å². The summed E-state index contributed by atoms with van der Waals surface area (Å²) in [7, 11) is 2.70. The van der Waals surface area contributed by atoms with Crippen LogP contribution in [0.5, 0.6) is 0 Å². The number of rotatable bonds is 2. The summed E-state index contributed by atoms with van der Waals surface area (Å²) in [5, 5.41) is 10.1. The fourth-order valence-corrected chi connectivity index (χ4v) is 4.13. The minimum absolute atomic E-state index is 0.0121. The second-order valence-corrected chi connectivity index (χ2v) is 5.47. The highest BCUT2D eigenvalue weighted by molar-refractivity contribution is 5.93. The molecule has 5 nitrogen and oxygen atoms in total. The molecule has 5 aliphatic rings. The van der Waals surface area contributed by atoms with Gasteiger partial charge in [-0.2, -0.15) is 0 Å². The average molecular weight is 252 g/mol. The molecule has 0 aromatic heterocycles. The Hall–Kier alpha value is -1.36. The summed E-state index contributed by atoms with van der Waals surface area (Å²) in [5.41, 5.74) is -0.0672. The van der Waals surface area contributed by atoms with Crippen molar-refractivity contribution in [2.75, 3.05) is 14.2 Å². The third-order valence-electron chi connectivity index (χ3n) is 4.84. The van der Waals surface area contributed by atoms with Crippen molar-refractivity contribution in [1.29, 1.82) is 0 Å². The van der Waals surface area contributed by atoms with Gasteiger partial charge in [0, 0.05) is 17.4 Å². The zero-order valence-corrected chi connectivity index (χ0v) is 10.4. The minimum atomic E-state index is -0.610. The molecule has 0 radical (unpaired) electrons. The first-order valence-electron chi connectivity index (χ1n) is 6.11. The predicted molar refractivity (Wildman–Crippen MR) is 60.3 cm³/mol. The van der Waals surface area contributed by atoms with E-state index in [0.717, 1.165) is 0 Å². The first kappa shape index (κ1) is 11.7. The number of aliphatic hydroxyl groups excluding tert-OH is 1. The van der Waals surface area contributed by atoms with Crippen LogP contribution in [0.15, 0.2) is 11.6 Å². The van der Waals surface area contributed by atoms with Crippen LogP contribution in [0.25, 0.3) is 0 Å². The van der Waals surface area contributed by atoms with E-state index in [2.05, 4.69) is 0 Å². The van der Waals surface area contributed by atoms with Crippen LogP contribution in [0.2, 0.25) is 0 Å². The Kier molecular flexibility index (Phi) is 2.32. The van der Waals surface area contributed by atoms with E-state index in [1.807, 2.05) is 0 Å². The lowest BCUT2D eigenvalue weighted by molar-refractivity contribution is -0.205. The molecule has 1 N–H and O–H groups in total. The zero-order valence-electron chi connectivity index (χ0n) is 10.4. The van der Waals surface area contributed by atoms with Crippen LogP contribution in [-0.2, 0) is 19.1 Å². The predicted octanol–water partition coefficient (Wildman–Crippen LogP) is 0.276. The summed E-state index contributed by atoms with van der Waals surface area (Å²) in [6.45, 7) is 0. The lowest BCUT2D eigenvalue weighted by atomic mass is 9.39. The highest BCUT2D eigenvalue weighted by Crippen LogP contribution is 2.67. The van der Waals surface area contributed by atoms with Crippen molar-refractivity contribution < 1.29 is 24.2 Å². The SMILES string of the molecule is COC(=O)C1=C[C@@H]2C[C@]3(C(=O)OC)C[C@H]([C@@H]2O)[C@H]13. The molecular weight excluding hydrogens is 236 g/mol. The van der Waals surface area contributed by atoms with Crippen molar-refractivity contribution in [2.45, 2.75) is 18.9 Å². The van der Waals surface area contributed by atoms with Crippen LogP contribution in [0.1, 0.15) is 12.8 Å². The molecule has 5 aliphatic carbocycles. The molecule has 0 aliphatic heterocycles. The number of hydrogen-bond donors (Lipinski definition) is 1. The summed E-state index contributed by atoms with van der Waals surface area (Å²) < 4.78 is 9.64. The van der Waals surface area contributed by atoms with E-state index in [0.29, 0.717) is 18.4 Å². The topological polar surface area (TPSA) is 72.8 Å². The van der Waals surface area contributed by atoms with E-state index in [4.69, 9.17) is 9.47 Å². The van der Waals surface area contributed by atoms with Crippen molar-refractivity contribution in [2.24, 2.45) is 23.2 Å². The Morgan fingerprint density at radius 1 is 1.33 bits per heavy atom. The molecule has 3 saturated carbocycles. The van der Waals surface area contributed by atoms with Gasteiger partial charge in [0.05, 0.1) is 25.7 Å². The molecule has 0 heterocycles. The van der Waals surface area contributed by atoms with Crippen LogP contribution >= 0.6 is 0 Å². The van der Waals surface area contributed by atoms with Gasteiger partial charge < -0.3 is 14.6 Å². The quantitative estimate of drug-likeness (QED) is 0.714. The fourth-order valence-electron chi connectivity index (χ4n) is 4.13. The summed E-state index contributed by atoms with van der Waals surface area (Å²) in [5.74, 6) is -1.05. The molecular formula is C13H16O5. The van der Waals surface area contributed by atoms with Gasteiger partial charge in [0.25, 0.3) is 0 Å². The Bertz CT molecular complexity index is 454. The molecule has 0 aromatic carbocycles. The number of carbonyl (C=O) groups is 2. The number of aliphatic hydroxyl groups is 1. The highest BCUT2D eigenvalue weighted by atomic mass is 16.5. The molecule has 18 heavy (non-hydrogen) atoms. The summed E-state index contributed by atoms with van der Waals surface area (Å²) >= 11 is 0. The maximum Gasteiger partial charge on any atom is 0.333 e. The molecule has 0 aromatic rings. The Morgan fingerprint density at radius 2 is 2.06 bits per heavy atom. The Labute approximate surface area is 105 Å². The molecule has 98 valence electrons. The van der Waals surface area contributed by atoms with Crippen LogP contribution in [0.3, 0.4) is 0 Å². The van der Waals surface area contributed by atoms with Gasteiger partial charge in [-0.05, 0) is 18.8 Å². The van der Waals surface area contributed by atoms with E-state index in [9.17, 15) is 14.7 Å². The molecule has 5 heteroatoms. The molecule has 0 unspecified atom stereocenters. The van der Waals surface area contributed by atoms with Crippen LogP contribution < -0.4 is 0 Å². The largest absolute Gasteiger partial charge is 0.469 e. The number of esters is 2. The van der Waals surface area contributed by atoms with Crippen molar-refractivity contribution in [1.82, 2.24) is 0 Å². The number of methoxy groups -OCH3 is 2. The Morgan fingerprint density at radius 3 is 2.61 bits per heavy atom. The molecule has 5 rings (SSSR count). The normalized spacial score (nSPS) is 43.8. The van der Waals surface area contributed by atoms with Gasteiger partial charge in [-0.1, -0.05) is 6.08 Å². The van der Waals surface area contributed by atoms with Crippen LogP contribution in [0.4, 0.5) is 0 Å². The third kappa shape index (κ3) is 1.15. The van der Waals surface area contributed by atoms with E-state index < -0.39 is 17.5 Å². The monoisotopic (exact) mass is 252 g/mol. The maximum atomic E-state index is 12.0. The second-order valence-electron chi connectivity index (χ2n) is 5.47. The molecule has 3 fully saturated rings. The van der Waals surface area contributed by atoms with E-state index in [1.54, 1.807) is 6.08 Å². The molecule has 0 saturated heterocycles. The molecule has 4 bridgehead atoms. The van der Waals surface area contributed by atoms with Crippen LogP contribution in [-0.4, -0.2) is 37.4 Å². The number of hydrogen-bond acceptors (Lipinski definition) is 5. The third-order valence-corrected chi connectivity index (χ3v) is 4.84. The van der Waals surface area contributed by atoms with Crippen molar-refractivity contribution in [3.8, 4) is 0 Å². The van der Waals surface area contributed by atoms with E-state index >= 15 is 0 Å². The van der Waals surface area contributed by atoms with Gasteiger partial charge in [-0.25, -0.2) is 4.79 Å². The van der Waals surface area contributed by atoms with Gasteiger partial charge in [-0.3, -0.25) is 4.79 Å². The minimum Gasteiger partial charge on any atom is -0.469 e. The maximum absolute atomic E-state index is 12.0. The van der Waals surface area contributed by atoms with Crippen molar-refractivity contribution >= 4 is 11.9 Å². The average Bonchev–Trinajstić information content (AvgIpc) is 2.36. The fraction of sp³-hybridized carbons (Fsp3) is 0.692. The first-order valence-corrected chi connectivity index (χ1v) is 6.11. The van der Waals surface area contributed by atoms with Gasteiger partial charge in [0.1, 0.15) is 0 Å². The van der Waals surface area contributed by atoms with Gasteiger partial charge >= 0.3 is 11.9 Å². The standard InChI is InChI=1S/C13H16O5/c1-17-11(15)7-3-6-4-13(12(16)18-2)5-8(9(7)13)10(6)14/h3,6,8-10,14H,4-5H2,1-2H3/t6-,8+,9+,10-,13+/m1/s1. The summed E-state index contributed by atoms with van der Waals surface area (Å²) in [6.07, 6.45) is 2.51. The van der Waals surface area contributed by atoms with Crippen molar-refractivity contribution in [3.05, 3.63) is 11.6 Å². The summed E-state index contributed by atoms with van der Waals surface area (Å²) in [4.78, 5) is 23.8. The van der Waals surface area contributed by atoms with Gasteiger partial charge in [0.2, 0.25) is 0 Å². The van der Waals surface area contributed by atoms with Gasteiger partial charge in [-0.15, -0.1) is 0 Å². The van der Waals surface area contributed by atoms with E-state index in [-0.39, 0.29) is 23.7 Å². The zero-order chi connectivity index (χ0) is 13.1.